The molecule has 2 aromatic carbocycles. The molecule has 2 rings (SSSR count). The second-order valence-corrected chi connectivity index (χ2v) is 4.61. The van der Waals surface area contributed by atoms with Crippen molar-refractivity contribution in [2.24, 2.45) is 0 Å². The molecule has 21 heavy (non-hydrogen) atoms. The molecule has 2 nitrogen and oxygen atoms in total. The van der Waals surface area contributed by atoms with Gasteiger partial charge in [0.25, 0.3) is 0 Å². The van der Waals surface area contributed by atoms with Crippen LogP contribution in [0.4, 0.5) is 23.2 Å². The van der Waals surface area contributed by atoms with E-state index in [-0.39, 0.29) is 16.8 Å². The zero-order valence-electron chi connectivity index (χ0n) is 11.0. The number of nitrogen functional groups attached to an aromatic ring is 1. The van der Waals surface area contributed by atoms with Crippen LogP contribution < -0.4 is 5.73 Å². The van der Waals surface area contributed by atoms with Crippen LogP contribution >= 0.6 is 0 Å². The molecule has 0 heterocycles. The number of anilines is 1. The van der Waals surface area contributed by atoms with Gasteiger partial charge in [-0.25, -0.2) is 4.39 Å². The van der Waals surface area contributed by atoms with Crippen LogP contribution in [0.2, 0.25) is 0 Å². The average Bonchev–Trinajstić information content (AvgIpc) is 2.39. The first kappa shape index (κ1) is 15.0. The third-order valence-corrected chi connectivity index (χ3v) is 2.99. The predicted octanol–water partition coefficient (Wildman–Crippen LogP) is 3.97. The van der Waals surface area contributed by atoms with Crippen molar-refractivity contribution in [1.82, 2.24) is 0 Å². The van der Waals surface area contributed by atoms with E-state index in [0.717, 1.165) is 11.6 Å². The highest BCUT2D eigenvalue weighted by atomic mass is 19.4. The molecule has 0 saturated heterocycles. The third-order valence-electron chi connectivity index (χ3n) is 2.99. The molecule has 0 atom stereocenters. The minimum Gasteiger partial charge on any atom is -0.398 e. The van der Waals surface area contributed by atoms with Gasteiger partial charge in [0.1, 0.15) is 5.82 Å². The number of carbonyl (C=O) groups excluding carboxylic acids is 1. The number of halogens is 4. The zero-order valence-corrected chi connectivity index (χ0v) is 11.0. The first-order valence-corrected chi connectivity index (χ1v) is 5.97. The maximum absolute atomic E-state index is 13.5. The van der Waals surface area contributed by atoms with E-state index >= 15 is 0 Å². The van der Waals surface area contributed by atoms with E-state index in [9.17, 15) is 22.4 Å². The third kappa shape index (κ3) is 3.04. The van der Waals surface area contributed by atoms with Crippen LogP contribution in [0.15, 0.2) is 36.4 Å². The summed E-state index contributed by atoms with van der Waals surface area (Å²) < 4.78 is 50.9. The predicted molar refractivity (Wildman–Crippen MR) is 70.4 cm³/mol. The number of ketones is 1. The summed E-state index contributed by atoms with van der Waals surface area (Å²) in [6, 6.07) is 6.78. The van der Waals surface area contributed by atoms with Gasteiger partial charge in [-0.2, -0.15) is 13.2 Å². The Balaban J connectivity index is 2.45. The first-order valence-electron chi connectivity index (χ1n) is 5.97. The Hall–Kier alpha value is -2.37. The van der Waals surface area contributed by atoms with Gasteiger partial charge in [-0.05, 0) is 31.2 Å². The molecular formula is C15H11F4NO. The van der Waals surface area contributed by atoms with Crippen LogP contribution in [0, 0.1) is 12.7 Å². The normalized spacial score (nSPS) is 11.5. The van der Waals surface area contributed by atoms with Crippen molar-refractivity contribution < 1.29 is 22.4 Å². The fourth-order valence-electron chi connectivity index (χ4n) is 1.91. The van der Waals surface area contributed by atoms with Crippen LogP contribution in [-0.2, 0) is 6.18 Å². The van der Waals surface area contributed by atoms with E-state index in [1.165, 1.54) is 12.1 Å². The van der Waals surface area contributed by atoms with Crippen molar-refractivity contribution in [3.05, 3.63) is 64.5 Å². The molecule has 0 unspecified atom stereocenters. The van der Waals surface area contributed by atoms with Crippen molar-refractivity contribution in [3.63, 3.8) is 0 Å². The lowest BCUT2D eigenvalue weighted by Gasteiger charge is -2.10. The number of carbonyl (C=O) groups is 1. The number of hydrogen-bond acceptors (Lipinski definition) is 2. The minimum atomic E-state index is -4.80. The van der Waals surface area contributed by atoms with E-state index in [4.69, 9.17) is 5.73 Å². The number of benzene rings is 2. The van der Waals surface area contributed by atoms with E-state index in [2.05, 4.69) is 0 Å². The second kappa shape index (κ2) is 5.20. The summed E-state index contributed by atoms with van der Waals surface area (Å²) in [7, 11) is 0. The Morgan fingerprint density at radius 3 is 2.33 bits per heavy atom. The summed E-state index contributed by atoms with van der Waals surface area (Å²) in [6.45, 7) is 1.74. The Bertz CT molecular complexity index is 707. The van der Waals surface area contributed by atoms with Gasteiger partial charge < -0.3 is 5.73 Å². The second-order valence-electron chi connectivity index (χ2n) is 4.61. The summed E-state index contributed by atoms with van der Waals surface area (Å²) in [4.78, 5) is 12.2. The summed E-state index contributed by atoms with van der Waals surface area (Å²) in [6.07, 6.45) is -4.80. The smallest absolute Gasteiger partial charge is 0.398 e. The lowest BCUT2D eigenvalue weighted by atomic mass is 9.99. The molecule has 0 aliphatic rings. The average molecular weight is 297 g/mol. The van der Waals surface area contributed by atoms with Crippen LogP contribution in [0.5, 0.6) is 0 Å². The maximum atomic E-state index is 13.5. The zero-order chi connectivity index (χ0) is 15.8. The molecule has 0 saturated carbocycles. The Morgan fingerprint density at radius 1 is 1.10 bits per heavy atom. The molecule has 0 aromatic heterocycles. The van der Waals surface area contributed by atoms with Gasteiger partial charge >= 0.3 is 6.18 Å². The molecule has 0 aliphatic carbocycles. The summed E-state index contributed by atoms with van der Waals surface area (Å²) in [5.41, 5.74) is 5.16. The van der Waals surface area contributed by atoms with E-state index in [1.54, 1.807) is 13.0 Å². The van der Waals surface area contributed by atoms with Gasteiger partial charge in [-0.1, -0.05) is 17.7 Å². The van der Waals surface area contributed by atoms with Crippen molar-refractivity contribution in [2.45, 2.75) is 13.1 Å². The number of alkyl halides is 3. The van der Waals surface area contributed by atoms with Crippen molar-refractivity contribution in [3.8, 4) is 0 Å². The largest absolute Gasteiger partial charge is 0.419 e. The molecule has 0 bridgehead atoms. The van der Waals surface area contributed by atoms with E-state index in [0.29, 0.717) is 12.1 Å². The van der Waals surface area contributed by atoms with Gasteiger partial charge in [0.05, 0.1) is 5.56 Å². The van der Waals surface area contributed by atoms with Gasteiger partial charge in [0.15, 0.2) is 5.78 Å². The lowest BCUT2D eigenvalue weighted by molar-refractivity contribution is -0.140. The fourth-order valence-corrected chi connectivity index (χ4v) is 1.91. The minimum absolute atomic E-state index is 0.133. The molecule has 0 aliphatic heterocycles. The van der Waals surface area contributed by atoms with Crippen LogP contribution in [-0.4, -0.2) is 5.78 Å². The van der Waals surface area contributed by atoms with Crippen LogP contribution in [0.25, 0.3) is 0 Å². The summed E-state index contributed by atoms with van der Waals surface area (Å²) >= 11 is 0. The quantitative estimate of drug-likeness (QED) is 0.518. The number of aryl methyl sites for hydroxylation is 1. The summed E-state index contributed by atoms with van der Waals surface area (Å²) in [5.74, 6) is -2.11. The molecule has 0 amide bonds. The molecule has 2 N–H and O–H groups in total. The Kier molecular flexibility index (Phi) is 3.72. The highest BCUT2D eigenvalue weighted by Crippen LogP contribution is 2.32. The maximum Gasteiger partial charge on any atom is 0.419 e. The molecular weight excluding hydrogens is 286 g/mol. The van der Waals surface area contributed by atoms with Gasteiger partial charge in [-0.3, -0.25) is 4.79 Å². The van der Waals surface area contributed by atoms with Crippen LogP contribution in [0.3, 0.4) is 0 Å². The highest BCUT2D eigenvalue weighted by molar-refractivity contribution is 6.12. The number of hydrogen-bond donors (Lipinski definition) is 1. The molecule has 0 fully saturated rings. The summed E-state index contributed by atoms with van der Waals surface area (Å²) in [5, 5.41) is 0. The molecule has 110 valence electrons. The topological polar surface area (TPSA) is 43.1 Å². The van der Waals surface area contributed by atoms with Crippen molar-refractivity contribution in [1.29, 1.82) is 0 Å². The molecule has 0 spiro atoms. The molecule has 6 heteroatoms. The Labute approximate surface area is 118 Å². The fraction of sp³-hybridized carbons (Fsp3) is 0.133. The van der Waals surface area contributed by atoms with Gasteiger partial charge in [0.2, 0.25) is 0 Å². The van der Waals surface area contributed by atoms with E-state index < -0.39 is 23.3 Å². The number of rotatable bonds is 2. The molecule has 0 radical (unpaired) electrons. The molecule has 2 aromatic rings. The van der Waals surface area contributed by atoms with Gasteiger partial charge in [-0.15, -0.1) is 0 Å². The monoisotopic (exact) mass is 297 g/mol. The highest BCUT2D eigenvalue weighted by Gasteiger charge is 2.34. The van der Waals surface area contributed by atoms with Crippen molar-refractivity contribution in [2.75, 3.05) is 5.73 Å². The first-order chi connectivity index (χ1) is 9.70. The van der Waals surface area contributed by atoms with E-state index in [1.807, 2.05) is 0 Å². The SMILES string of the molecule is Cc1ccc(N)c(C(=O)c2ccc(C(F)(F)F)c(F)c2)c1. The van der Waals surface area contributed by atoms with Gasteiger partial charge in [0, 0.05) is 16.8 Å². The van der Waals surface area contributed by atoms with Crippen LogP contribution in [0.1, 0.15) is 27.0 Å². The van der Waals surface area contributed by atoms with Crippen molar-refractivity contribution >= 4 is 11.5 Å². The standard InChI is InChI=1S/C15H11F4NO/c1-8-2-5-13(20)10(6-8)14(21)9-3-4-11(12(16)7-9)15(17,18)19/h2-7H,20H2,1H3. The Morgan fingerprint density at radius 2 is 1.76 bits per heavy atom. The number of nitrogens with two attached hydrogens (primary N) is 1. The lowest BCUT2D eigenvalue weighted by Crippen LogP contribution is -2.11.